The summed E-state index contributed by atoms with van der Waals surface area (Å²) in [5.74, 6) is -1.27. The molecular formula is C9H16O4. The molecule has 0 saturated carbocycles. The molecule has 0 aromatic heterocycles. The van der Waals surface area contributed by atoms with Crippen LogP contribution in [0.2, 0.25) is 0 Å². The summed E-state index contributed by atoms with van der Waals surface area (Å²) in [6.07, 6.45) is -0.845. The van der Waals surface area contributed by atoms with Gasteiger partial charge in [0.1, 0.15) is 5.78 Å². The van der Waals surface area contributed by atoms with E-state index in [1.165, 1.54) is 13.8 Å². The molecule has 2 atom stereocenters. The molecule has 0 aliphatic heterocycles. The van der Waals surface area contributed by atoms with Crippen molar-refractivity contribution in [3.63, 3.8) is 0 Å². The van der Waals surface area contributed by atoms with Crippen molar-refractivity contribution in [2.24, 2.45) is 5.92 Å². The van der Waals surface area contributed by atoms with Crippen LogP contribution >= 0.6 is 0 Å². The zero-order chi connectivity index (χ0) is 10.4. The molecule has 0 heterocycles. The minimum Gasteiger partial charge on any atom is -0.466 e. The topological polar surface area (TPSA) is 63.6 Å². The first kappa shape index (κ1) is 12.1. The Balaban J connectivity index is 4.10. The molecule has 0 amide bonds. The second-order valence-corrected chi connectivity index (χ2v) is 2.97. The summed E-state index contributed by atoms with van der Waals surface area (Å²) in [5.41, 5.74) is 0. The average Bonchev–Trinajstić information content (AvgIpc) is 1.99. The zero-order valence-electron chi connectivity index (χ0n) is 8.24. The number of rotatable bonds is 5. The zero-order valence-corrected chi connectivity index (χ0v) is 8.24. The fourth-order valence-corrected chi connectivity index (χ4v) is 1.05. The number of hydrogen-bond donors (Lipinski definition) is 1. The van der Waals surface area contributed by atoms with Gasteiger partial charge in [0, 0.05) is 0 Å². The lowest BCUT2D eigenvalue weighted by Gasteiger charge is -2.15. The van der Waals surface area contributed by atoms with E-state index in [9.17, 15) is 14.7 Å². The van der Waals surface area contributed by atoms with Gasteiger partial charge in [0.05, 0.1) is 25.0 Å². The molecule has 0 aromatic rings. The van der Waals surface area contributed by atoms with E-state index in [1.807, 2.05) is 0 Å². The molecule has 13 heavy (non-hydrogen) atoms. The molecular weight excluding hydrogens is 172 g/mol. The van der Waals surface area contributed by atoms with E-state index in [0.717, 1.165) is 0 Å². The lowest BCUT2D eigenvalue weighted by molar-refractivity contribution is -0.147. The van der Waals surface area contributed by atoms with Crippen molar-refractivity contribution < 1.29 is 19.4 Å². The monoisotopic (exact) mass is 188 g/mol. The molecule has 2 unspecified atom stereocenters. The van der Waals surface area contributed by atoms with E-state index < -0.39 is 18.0 Å². The standard InChI is InChI=1S/C9H16O4/c1-4-13-9(12)5-8(6(2)10)7(3)11/h6,8,10H,4-5H2,1-3H3. The van der Waals surface area contributed by atoms with Gasteiger partial charge in [-0.15, -0.1) is 0 Å². The number of ether oxygens (including phenoxy) is 1. The van der Waals surface area contributed by atoms with Crippen LogP contribution in [-0.2, 0) is 14.3 Å². The molecule has 0 aromatic carbocycles. The summed E-state index contributed by atoms with van der Waals surface area (Å²) in [4.78, 5) is 21.9. The minimum absolute atomic E-state index is 0.0408. The van der Waals surface area contributed by atoms with Gasteiger partial charge in [-0.25, -0.2) is 0 Å². The van der Waals surface area contributed by atoms with Crippen LogP contribution in [0.3, 0.4) is 0 Å². The van der Waals surface area contributed by atoms with Gasteiger partial charge in [-0.1, -0.05) is 0 Å². The summed E-state index contributed by atoms with van der Waals surface area (Å²) in [6, 6.07) is 0. The predicted molar refractivity (Wildman–Crippen MR) is 47.1 cm³/mol. The molecule has 76 valence electrons. The second kappa shape index (κ2) is 5.70. The minimum atomic E-state index is -0.804. The number of carbonyl (C=O) groups excluding carboxylic acids is 2. The SMILES string of the molecule is CCOC(=O)CC(C(C)=O)C(C)O. The smallest absolute Gasteiger partial charge is 0.306 e. The first-order chi connectivity index (χ1) is 5.99. The maximum atomic E-state index is 11.0. The van der Waals surface area contributed by atoms with E-state index in [2.05, 4.69) is 4.74 Å². The van der Waals surface area contributed by atoms with Crippen LogP contribution in [0.15, 0.2) is 0 Å². The third-order valence-corrected chi connectivity index (χ3v) is 1.80. The average molecular weight is 188 g/mol. The fraction of sp³-hybridized carbons (Fsp3) is 0.778. The highest BCUT2D eigenvalue weighted by Gasteiger charge is 2.23. The van der Waals surface area contributed by atoms with Crippen molar-refractivity contribution in [1.29, 1.82) is 0 Å². The van der Waals surface area contributed by atoms with Crippen LogP contribution < -0.4 is 0 Å². The Morgan fingerprint density at radius 3 is 2.31 bits per heavy atom. The van der Waals surface area contributed by atoms with Gasteiger partial charge in [-0.3, -0.25) is 9.59 Å². The molecule has 0 aliphatic carbocycles. The number of esters is 1. The molecule has 1 N–H and O–H groups in total. The normalized spacial score (nSPS) is 14.8. The van der Waals surface area contributed by atoms with Gasteiger partial charge in [0.15, 0.2) is 0 Å². The second-order valence-electron chi connectivity index (χ2n) is 2.97. The summed E-state index contributed by atoms with van der Waals surface area (Å²) >= 11 is 0. The quantitative estimate of drug-likeness (QED) is 0.639. The van der Waals surface area contributed by atoms with E-state index in [1.54, 1.807) is 6.92 Å². The molecule has 0 radical (unpaired) electrons. The van der Waals surface area contributed by atoms with Crippen LogP contribution in [0.4, 0.5) is 0 Å². The van der Waals surface area contributed by atoms with Crippen LogP contribution in [0, 0.1) is 5.92 Å². The summed E-state index contributed by atoms with van der Waals surface area (Å²) in [6.45, 7) is 4.84. The first-order valence-corrected chi connectivity index (χ1v) is 4.33. The summed E-state index contributed by atoms with van der Waals surface area (Å²) in [7, 11) is 0. The maximum Gasteiger partial charge on any atom is 0.306 e. The fourth-order valence-electron chi connectivity index (χ4n) is 1.05. The molecule has 0 saturated heterocycles. The third-order valence-electron chi connectivity index (χ3n) is 1.80. The van der Waals surface area contributed by atoms with Crippen molar-refractivity contribution in [3.05, 3.63) is 0 Å². The Morgan fingerprint density at radius 2 is 2.00 bits per heavy atom. The lowest BCUT2D eigenvalue weighted by Crippen LogP contribution is -2.27. The van der Waals surface area contributed by atoms with Crippen molar-refractivity contribution in [3.8, 4) is 0 Å². The number of ketones is 1. The Kier molecular flexibility index (Phi) is 5.30. The first-order valence-electron chi connectivity index (χ1n) is 4.33. The van der Waals surface area contributed by atoms with Crippen molar-refractivity contribution in [1.82, 2.24) is 0 Å². The molecule has 0 aliphatic rings. The van der Waals surface area contributed by atoms with Gasteiger partial charge in [0.25, 0.3) is 0 Å². The van der Waals surface area contributed by atoms with Crippen molar-refractivity contribution in [2.45, 2.75) is 33.3 Å². The van der Waals surface area contributed by atoms with E-state index in [-0.39, 0.29) is 12.2 Å². The molecule has 0 spiro atoms. The lowest BCUT2D eigenvalue weighted by atomic mass is 9.96. The number of aliphatic hydroxyl groups is 1. The van der Waals surface area contributed by atoms with Gasteiger partial charge in [-0.05, 0) is 20.8 Å². The predicted octanol–water partition coefficient (Wildman–Crippen LogP) is 0.526. The highest BCUT2D eigenvalue weighted by atomic mass is 16.5. The van der Waals surface area contributed by atoms with Crippen molar-refractivity contribution in [2.75, 3.05) is 6.61 Å². The van der Waals surface area contributed by atoms with E-state index >= 15 is 0 Å². The largest absolute Gasteiger partial charge is 0.466 e. The van der Waals surface area contributed by atoms with Crippen molar-refractivity contribution >= 4 is 11.8 Å². The van der Waals surface area contributed by atoms with Crippen LogP contribution in [0.25, 0.3) is 0 Å². The molecule has 4 nitrogen and oxygen atoms in total. The number of Topliss-reactive ketones (excluding diaryl/α,β-unsaturated/α-hetero) is 1. The number of carbonyl (C=O) groups is 2. The van der Waals surface area contributed by atoms with E-state index in [4.69, 9.17) is 0 Å². The molecule has 0 fully saturated rings. The summed E-state index contributed by atoms with van der Waals surface area (Å²) in [5, 5.41) is 9.17. The Morgan fingerprint density at radius 1 is 1.46 bits per heavy atom. The summed E-state index contributed by atoms with van der Waals surface area (Å²) < 4.78 is 4.67. The highest BCUT2D eigenvalue weighted by Crippen LogP contribution is 2.11. The van der Waals surface area contributed by atoms with Crippen LogP contribution in [-0.4, -0.2) is 29.6 Å². The molecule has 4 heteroatoms. The van der Waals surface area contributed by atoms with Gasteiger partial charge < -0.3 is 9.84 Å². The van der Waals surface area contributed by atoms with Gasteiger partial charge in [-0.2, -0.15) is 0 Å². The van der Waals surface area contributed by atoms with Crippen LogP contribution in [0.5, 0.6) is 0 Å². The molecule has 0 bridgehead atoms. The van der Waals surface area contributed by atoms with Gasteiger partial charge >= 0.3 is 5.97 Å². The van der Waals surface area contributed by atoms with Crippen LogP contribution in [0.1, 0.15) is 27.2 Å². The van der Waals surface area contributed by atoms with E-state index in [0.29, 0.717) is 6.61 Å². The number of hydrogen-bond acceptors (Lipinski definition) is 4. The Bertz CT molecular complexity index is 186. The highest BCUT2D eigenvalue weighted by molar-refractivity contribution is 5.83. The molecule has 0 rings (SSSR count). The maximum absolute atomic E-state index is 11.0. The Labute approximate surface area is 77.9 Å². The third kappa shape index (κ3) is 4.62. The number of aliphatic hydroxyl groups excluding tert-OH is 1. The van der Waals surface area contributed by atoms with Gasteiger partial charge in [0.2, 0.25) is 0 Å². The Hall–Kier alpha value is -0.900.